The SMILES string of the molecule is O/N=C\c1occc1CCc1cccnc1. The van der Waals surface area contributed by atoms with E-state index in [9.17, 15) is 0 Å². The molecule has 2 aromatic heterocycles. The Hall–Kier alpha value is -2.10. The Bertz CT molecular complexity index is 463. The van der Waals surface area contributed by atoms with Crippen LogP contribution in [0.5, 0.6) is 0 Å². The van der Waals surface area contributed by atoms with Gasteiger partial charge in [-0.15, -0.1) is 0 Å². The summed E-state index contributed by atoms with van der Waals surface area (Å²) in [7, 11) is 0. The number of aryl methyl sites for hydroxylation is 2. The van der Waals surface area contributed by atoms with Crippen molar-refractivity contribution in [3.8, 4) is 0 Å². The molecular formula is C12H12N2O2. The van der Waals surface area contributed by atoms with Gasteiger partial charge in [0.2, 0.25) is 0 Å². The van der Waals surface area contributed by atoms with Gasteiger partial charge in [0.25, 0.3) is 0 Å². The highest BCUT2D eigenvalue weighted by atomic mass is 16.4. The van der Waals surface area contributed by atoms with Crippen LogP contribution in [-0.4, -0.2) is 16.4 Å². The van der Waals surface area contributed by atoms with Crippen LogP contribution in [0.1, 0.15) is 16.9 Å². The monoisotopic (exact) mass is 216 g/mol. The third-order valence-corrected chi connectivity index (χ3v) is 2.36. The molecule has 0 radical (unpaired) electrons. The minimum Gasteiger partial charge on any atom is -0.463 e. The van der Waals surface area contributed by atoms with Crippen LogP contribution in [0.15, 0.2) is 46.4 Å². The van der Waals surface area contributed by atoms with Crippen LogP contribution in [0.25, 0.3) is 0 Å². The van der Waals surface area contributed by atoms with Crippen molar-refractivity contribution in [2.75, 3.05) is 0 Å². The summed E-state index contributed by atoms with van der Waals surface area (Å²) in [6.45, 7) is 0. The largest absolute Gasteiger partial charge is 0.463 e. The van der Waals surface area contributed by atoms with Gasteiger partial charge < -0.3 is 9.62 Å². The van der Waals surface area contributed by atoms with Crippen molar-refractivity contribution in [2.24, 2.45) is 5.16 Å². The lowest BCUT2D eigenvalue weighted by Crippen LogP contribution is -1.93. The van der Waals surface area contributed by atoms with Crippen molar-refractivity contribution in [1.82, 2.24) is 4.98 Å². The van der Waals surface area contributed by atoms with Crippen molar-refractivity contribution < 1.29 is 9.62 Å². The van der Waals surface area contributed by atoms with Crippen LogP contribution >= 0.6 is 0 Å². The fourth-order valence-corrected chi connectivity index (χ4v) is 1.54. The number of oxime groups is 1. The van der Waals surface area contributed by atoms with Crippen molar-refractivity contribution in [2.45, 2.75) is 12.8 Å². The molecule has 82 valence electrons. The lowest BCUT2D eigenvalue weighted by molar-refractivity contribution is 0.320. The number of hydrogen-bond acceptors (Lipinski definition) is 4. The first-order valence-corrected chi connectivity index (χ1v) is 5.03. The molecule has 0 amide bonds. The summed E-state index contributed by atoms with van der Waals surface area (Å²) >= 11 is 0. The average Bonchev–Trinajstić information content (AvgIpc) is 2.76. The molecule has 16 heavy (non-hydrogen) atoms. The van der Waals surface area contributed by atoms with Gasteiger partial charge in [0, 0.05) is 12.4 Å². The number of pyridine rings is 1. The molecule has 0 atom stereocenters. The lowest BCUT2D eigenvalue weighted by atomic mass is 10.1. The van der Waals surface area contributed by atoms with E-state index in [0.717, 1.165) is 18.4 Å². The molecule has 0 aliphatic carbocycles. The van der Waals surface area contributed by atoms with E-state index in [2.05, 4.69) is 10.1 Å². The van der Waals surface area contributed by atoms with Crippen LogP contribution < -0.4 is 0 Å². The summed E-state index contributed by atoms with van der Waals surface area (Å²) < 4.78 is 5.17. The van der Waals surface area contributed by atoms with Crippen LogP contribution in [0, 0.1) is 0 Å². The van der Waals surface area contributed by atoms with Gasteiger partial charge in [0.1, 0.15) is 6.21 Å². The van der Waals surface area contributed by atoms with Gasteiger partial charge in [-0.2, -0.15) is 0 Å². The van der Waals surface area contributed by atoms with Gasteiger partial charge in [0.05, 0.1) is 6.26 Å². The highest BCUT2D eigenvalue weighted by Crippen LogP contribution is 2.11. The highest BCUT2D eigenvalue weighted by Gasteiger charge is 2.04. The predicted octanol–water partition coefficient (Wildman–Crippen LogP) is 2.27. The van der Waals surface area contributed by atoms with E-state index < -0.39 is 0 Å². The van der Waals surface area contributed by atoms with Gasteiger partial charge in [-0.25, -0.2) is 0 Å². The van der Waals surface area contributed by atoms with Gasteiger partial charge >= 0.3 is 0 Å². The van der Waals surface area contributed by atoms with Crippen LogP contribution in [-0.2, 0) is 12.8 Å². The molecule has 0 aliphatic heterocycles. The third-order valence-electron chi connectivity index (χ3n) is 2.36. The summed E-state index contributed by atoms with van der Waals surface area (Å²) in [6.07, 6.45) is 8.22. The number of furan rings is 1. The molecule has 2 rings (SSSR count). The van der Waals surface area contributed by atoms with Crippen LogP contribution in [0.2, 0.25) is 0 Å². The lowest BCUT2D eigenvalue weighted by Gasteiger charge is -1.99. The first-order valence-electron chi connectivity index (χ1n) is 5.03. The minimum absolute atomic E-state index is 0.603. The molecule has 4 heteroatoms. The molecule has 1 N–H and O–H groups in total. The fraction of sp³-hybridized carbons (Fsp3) is 0.167. The molecule has 0 saturated carbocycles. The van der Waals surface area contributed by atoms with Crippen molar-refractivity contribution >= 4 is 6.21 Å². The second kappa shape index (κ2) is 5.11. The maximum absolute atomic E-state index is 8.45. The molecule has 0 bridgehead atoms. The first kappa shape index (κ1) is 10.4. The molecule has 0 aliphatic rings. The van der Waals surface area contributed by atoms with E-state index in [1.54, 1.807) is 12.5 Å². The van der Waals surface area contributed by atoms with Gasteiger partial charge in [0.15, 0.2) is 5.76 Å². The van der Waals surface area contributed by atoms with E-state index >= 15 is 0 Å². The Morgan fingerprint density at radius 1 is 1.38 bits per heavy atom. The quantitative estimate of drug-likeness (QED) is 0.484. The third kappa shape index (κ3) is 2.48. The van der Waals surface area contributed by atoms with E-state index in [0.29, 0.717) is 5.76 Å². The van der Waals surface area contributed by atoms with E-state index in [-0.39, 0.29) is 0 Å². The van der Waals surface area contributed by atoms with Crippen molar-refractivity contribution in [3.05, 3.63) is 53.7 Å². The normalized spacial score (nSPS) is 11.0. The van der Waals surface area contributed by atoms with Crippen molar-refractivity contribution in [1.29, 1.82) is 0 Å². The van der Waals surface area contributed by atoms with E-state index in [4.69, 9.17) is 9.62 Å². The number of rotatable bonds is 4. The van der Waals surface area contributed by atoms with Gasteiger partial charge in [-0.3, -0.25) is 4.98 Å². The Balaban J connectivity index is 2.02. The second-order valence-corrected chi connectivity index (χ2v) is 3.42. The second-order valence-electron chi connectivity index (χ2n) is 3.42. The summed E-state index contributed by atoms with van der Waals surface area (Å²) in [5.74, 6) is 0.603. The molecule has 2 heterocycles. The summed E-state index contributed by atoms with van der Waals surface area (Å²) in [5.41, 5.74) is 2.21. The average molecular weight is 216 g/mol. The summed E-state index contributed by atoms with van der Waals surface area (Å²) in [5, 5.41) is 11.4. The topological polar surface area (TPSA) is 58.6 Å². The minimum atomic E-state index is 0.603. The van der Waals surface area contributed by atoms with Crippen LogP contribution in [0.3, 0.4) is 0 Å². The Kier molecular flexibility index (Phi) is 3.33. The fourth-order valence-electron chi connectivity index (χ4n) is 1.54. The van der Waals surface area contributed by atoms with Crippen LogP contribution in [0.4, 0.5) is 0 Å². The number of aromatic nitrogens is 1. The summed E-state index contributed by atoms with van der Waals surface area (Å²) in [4.78, 5) is 4.05. The zero-order valence-corrected chi connectivity index (χ0v) is 8.71. The Labute approximate surface area is 93.2 Å². The molecular weight excluding hydrogens is 204 g/mol. The Morgan fingerprint density at radius 3 is 3.06 bits per heavy atom. The molecule has 4 nitrogen and oxygen atoms in total. The smallest absolute Gasteiger partial charge is 0.151 e. The van der Waals surface area contributed by atoms with Crippen molar-refractivity contribution in [3.63, 3.8) is 0 Å². The highest BCUT2D eigenvalue weighted by molar-refractivity contribution is 5.77. The molecule has 2 aromatic rings. The molecule has 0 unspecified atom stereocenters. The maximum atomic E-state index is 8.45. The molecule has 0 fully saturated rings. The molecule has 0 saturated heterocycles. The van der Waals surface area contributed by atoms with E-state index in [1.165, 1.54) is 11.8 Å². The maximum Gasteiger partial charge on any atom is 0.151 e. The standard InChI is InChI=1S/C12H12N2O2/c15-14-9-12-11(5-7-16-12)4-3-10-2-1-6-13-8-10/h1-2,5-9,15H,3-4H2/b14-9-. The Morgan fingerprint density at radius 2 is 2.31 bits per heavy atom. The number of hydrogen-bond donors (Lipinski definition) is 1. The van der Waals surface area contributed by atoms with Gasteiger partial charge in [-0.1, -0.05) is 11.2 Å². The van der Waals surface area contributed by atoms with Gasteiger partial charge in [-0.05, 0) is 36.1 Å². The molecule has 0 spiro atoms. The predicted molar refractivity (Wildman–Crippen MR) is 59.7 cm³/mol. The van der Waals surface area contributed by atoms with E-state index in [1.807, 2.05) is 24.4 Å². The first-order chi connectivity index (χ1) is 7.90. The summed E-state index contributed by atoms with van der Waals surface area (Å²) in [6, 6.07) is 5.83. The number of nitrogens with zero attached hydrogens (tertiary/aromatic N) is 2. The zero-order valence-electron chi connectivity index (χ0n) is 8.71. The molecule has 0 aromatic carbocycles. The zero-order chi connectivity index (χ0) is 11.2.